The highest BCUT2D eigenvalue weighted by molar-refractivity contribution is 7.86. The second kappa shape index (κ2) is 6.08. The molecular weight excluding hydrogens is 344 g/mol. The molecule has 0 heterocycles. The van der Waals surface area contributed by atoms with Crippen LogP contribution in [0.4, 0.5) is 11.4 Å². The summed E-state index contributed by atoms with van der Waals surface area (Å²) >= 11 is 0. The summed E-state index contributed by atoms with van der Waals surface area (Å²) in [5, 5.41) is 12.8. The summed E-state index contributed by atoms with van der Waals surface area (Å²) in [5.74, 6) is -0.688. The lowest BCUT2D eigenvalue weighted by atomic mass is 10.1. The number of hydrogen-bond acceptors (Lipinski definition) is 5. The van der Waals surface area contributed by atoms with Crippen molar-refractivity contribution >= 4 is 38.2 Å². The second-order valence-electron chi connectivity index (χ2n) is 5.37. The van der Waals surface area contributed by atoms with E-state index in [2.05, 4.69) is 5.32 Å². The van der Waals surface area contributed by atoms with E-state index in [1.54, 1.807) is 18.2 Å². The predicted octanol–water partition coefficient (Wildman–Crippen LogP) is 2.63. The number of nitrogens with one attached hydrogen (secondary N) is 1. The number of phenols is 1. The average molecular weight is 358 g/mol. The molecule has 0 unspecified atom stereocenters. The van der Waals surface area contributed by atoms with Crippen LogP contribution in [0.5, 0.6) is 5.75 Å². The van der Waals surface area contributed by atoms with Crippen LogP contribution in [0, 0.1) is 0 Å². The van der Waals surface area contributed by atoms with E-state index in [9.17, 15) is 22.9 Å². The zero-order chi connectivity index (χ0) is 18.2. The minimum absolute atomic E-state index is 0.0160. The molecule has 0 aliphatic carbocycles. The molecule has 0 atom stereocenters. The van der Waals surface area contributed by atoms with Gasteiger partial charge in [-0.2, -0.15) is 8.42 Å². The van der Waals surface area contributed by atoms with E-state index < -0.39 is 20.9 Å². The Morgan fingerprint density at radius 1 is 1.04 bits per heavy atom. The van der Waals surface area contributed by atoms with Gasteiger partial charge in [0.05, 0.1) is 5.69 Å². The summed E-state index contributed by atoms with van der Waals surface area (Å²) in [6.45, 7) is 0. The Morgan fingerprint density at radius 2 is 1.76 bits per heavy atom. The molecule has 7 nitrogen and oxygen atoms in total. The first kappa shape index (κ1) is 16.7. The lowest BCUT2D eigenvalue weighted by molar-refractivity contribution is 0.102. The summed E-state index contributed by atoms with van der Waals surface area (Å²) in [7, 11) is -4.56. The second-order valence-corrected chi connectivity index (χ2v) is 6.76. The Balaban J connectivity index is 2.17. The molecule has 3 rings (SSSR count). The summed E-state index contributed by atoms with van der Waals surface area (Å²) < 4.78 is 32.8. The van der Waals surface area contributed by atoms with Gasteiger partial charge < -0.3 is 16.2 Å². The maximum absolute atomic E-state index is 12.4. The molecule has 0 aliphatic heterocycles. The molecule has 0 aromatic heterocycles. The minimum atomic E-state index is -4.56. The number of amides is 1. The molecule has 3 aromatic rings. The SMILES string of the molecule is Nc1cccc(C(=O)Nc2ccc(O)c3cccc(S(=O)(=O)O)c23)c1. The Labute approximate surface area is 143 Å². The summed E-state index contributed by atoms with van der Waals surface area (Å²) in [6.07, 6.45) is 0. The van der Waals surface area contributed by atoms with Gasteiger partial charge in [-0.25, -0.2) is 0 Å². The molecule has 5 N–H and O–H groups in total. The number of hydrogen-bond donors (Lipinski definition) is 4. The van der Waals surface area contributed by atoms with Gasteiger partial charge in [0.1, 0.15) is 10.6 Å². The summed E-state index contributed by atoms with van der Waals surface area (Å²) in [4.78, 5) is 12.0. The summed E-state index contributed by atoms with van der Waals surface area (Å²) in [5.41, 5.74) is 6.48. The first-order chi connectivity index (χ1) is 11.8. The number of fused-ring (bicyclic) bond motifs is 1. The average Bonchev–Trinajstić information content (AvgIpc) is 2.56. The van der Waals surface area contributed by atoms with E-state index >= 15 is 0 Å². The fourth-order valence-electron chi connectivity index (χ4n) is 2.55. The van der Waals surface area contributed by atoms with Crippen molar-refractivity contribution in [2.45, 2.75) is 4.90 Å². The normalized spacial score (nSPS) is 11.4. The number of phenolic OH excluding ortho intramolecular Hbond substituents is 1. The van der Waals surface area contributed by atoms with Crippen molar-refractivity contribution in [2.24, 2.45) is 0 Å². The van der Waals surface area contributed by atoms with Crippen molar-refractivity contribution in [3.05, 3.63) is 60.2 Å². The molecule has 128 valence electrons. The zero-order valence-corrected chi connectivity index (χ0v) is 13.6. The van der Waals surface area contributed by atoms with Crippen LogP contribution >= 0.6 is 0 Å². The van der Waals surface area contributed by atoms with Gasteiger partial charge >= 0.3 is 0 Å². The molecule has 0 aliphatic rings. The fourth-order valence-corrected chi connectivity index (χ4v) is 3.28. The molecule has 0 radical (unpaired) electrons. The van der Waals surface area contributed by atoms with E-state index in [1.807, 2.05) is 0 Å². The molecule has 0 saturated heterocycles. The Bertz CT molecular complexity index is 1090. The van der Waals surface area contributed by atoms with Crippen molar-refractivity contribution in [1.29, 1.82) is 0 Å². The van der Waals surface area contributed by atoms with Crippen molar-refractivity contribution in [3.8, 4) is 5.75 Å². The van der Waals surface area contributed by atoms with Crippen molar-refractivity contribution < 1.29 is 22.9 Å². The monoisotopic (exact) mass is 358 g/mol. The topological polar surface area (TPSA) is 130 Å². The van der Waals surface area contributed by atoms with E-state index in [4.69, 9.17) is 5.73 Å². The number of carbonyl (C=O) groups is 1. The van der Waals surface area contributed by atoms with Gasteiger partial charge in [-0.15, -0.1) is 0 Å². The third-order valence-corrected chi connectivity index (χ3v) is 4.55. The Morgan fingerprint density at radius 3 is 2.44 bits per heavy atom. The van der Waals surface area contributed by atoms with Gasteiger partial charge in [0, 0.05) is 22.0 Å². The van der Waals surface area contributed by atoms with Gasteiger partial charge in [-0.05, 0) is 36.4 Å². The lowest BCUT2D eigenvalue weighted by Crippen LogP contribution is -2.13. The highest BCUT2D eigenvalue weighted by Gasteiger charge is 2.19. The van der Waals surface area contributed by atoms with Crippen LogP contribution in [0.3, 0.4) is 0 Å². The Hall–Kier alpha value is -3.10. The molecule has 0 saturated carbocycles. The van der Waals surface area contributed by atoms with Gasteiger partial charge in [-0.1, -0.05) is 18.2 Å². The van der Waals surface area contributed by atoms with Crippen LogP contribution in [-0.4, -0.2) is 24.0 Å². The molecular formula is C17H14N2O5S. The highest BCUT2D eigenvalue weighted by atomic mass is 32.2. The third kappa shape index (κ3) is 3.25. The van der Waals surface area contributed by atoms with Crippen LogP contribution in [0.1, 0.15) is 10.4 Å². The maximum atomic E-state index is 12.4. The predicted molar refractivity (Wildman–Crippen MR) is 94.2 cm³/mol. The molecule has 1 amide bonds. The smallest absolute Gasteiger partial charge is 0.295 e. The number of aromatic hydroxyl groups is 1. The molecule has 0 fully saturated rings. The Kier molecular flexibility index (Phi) is 4.07. The van der Waals surface area contributed by atoms with Crippen LogP contribution < -0.4 is 11.1 Å². The standard InChI is InChI=1S/C17H14N2O5S/c18-11-4-1-3-10(9-11)17(21)19-13-7-8-14(20)12-5-2-6-15(16(12)13)25(22,23)24/h1-9,20H,18H2,(H,19,21)(H,22,23,24). The largest absolute Gasteiger partial charge is 0.507 e. The van der Waals surface area contributed by atoms with Crippen molar-refractivity contribution in [1.82, 2.24) is 0 Å². The number of nitrogens with two attached hydrogens (primary N) is 1. The molecule has 25 heavy (non-hydrogen) atoms. The quantitative estimate of drug-likeness (QED) is 0.323. The lowest BCUT2D eigenvalue weighted by Gasteiger charge is -2.13. The summed E-state index contributed by atoms with van der Waals surface area (Å²) in [6, 6.07) is 13.0. The number of rotatable bonds is 3. The van der Waals surface area contributed by atoms with Crippen LogP contribution in [-0.2, 0) is 10.1 Å². The first-order valence-electron chi connectivity index (χ1n) is 7.16. The number of benzene rings is 3. The maximum Gasteiger partial charge on any atom is 0.295 e. The third-order valence-electron chi connectivity index (χ3n) is 3.65. The number of nitrogen functional groups attached to an aromatic ring is 1. The van der Waals surface area contributed by atoms with E-state index in [-0.39, 0.29) is 27.8 Å². The van der Waals surface area contributed by atoms with E-state index in [0.717, 1.165) is 0 Å². The van der Waals surface area contributed by atoms with Crippen LogP contribution in [0.25, 0.3) is 10.8 Å². The molecule has 8 heteroatoms. The minimum Gasteiger partial charge on any atom is -0.507 e. The van der Waals surface area contributed by atoms with Crippen LogP contribution in [0.2, 0.25) is 0 Å². The highest BCUT2D eigenvalue weighted by Crippen LogP contribution is 2.35. The van der Waals surface area contributed by atoms with E-state index in [0.29, 0.717) is 5.69 Å². The van der Waals surface area contributed by atoms with Gasteiger partial charge in [0.15, 0.2) is 0 Å². The van der Waals surface area contributed by atoms with Gasteiger partial charge in [0.2, 0.25) is 0 Å². The van der Waals surface area contributed by atoms with E-state index in [1.165, 1.54) is 36.4 Å². The van der Waals surface area contributed by atoms with Gasteiger partial charge in [0.25, 0.3) is 16.0 Å². The first-order valence-corrected chi connectivity index (χ1v) is 8.60. The van der Waals surface area contributed by atoms with Crippen molar-refractivity contribution in [2.75, 3.05) is 11.1 Å². The molecule has 3 aromatic carbocycles. The number of anilines is 2. The fraction of sp³-hybridized carbons (Fsp3) is 0. The molecule has 0 spiro atoms. The molecule has 0 bridgehead atoms. The van der Waals surface area contributed by atoms with Gasteiger partial charge in [-0.3, -0.25) is 9.35 Å². The number of carbonyl (C=O) groups excluding carboxylic acids is 1. The van der Waals surface area contributed by atoms with Crippen LogP contribution in [0.15, 0.2) is 59.5 Å². The van der Waals surface area contributed by atoms with Crippen molar-refractivity contribution in [3.63, 3.8) is 0 Å². The zero-order valence-electron chi connectivity index (χ0n) is 12.8.